The SMILES string of the molecule is Cc1c(NC(=O)Nc2ccc(-n3cccn3)cc2)cnn1C1CCOCC1. The van der Waals surface area contributed by atoms with Gasteiger partial charge in [0, 0.05) is 31.3 Å². The van der Waals surface area contributed by atoms with Crippen LogP contribution in [-0.4, -0.2) is 38.8 Å². The average Bonchev–Trinajstić information content (AvgIpc) is 3.34. The van der Waals surface area contributed by atoms with Crippen molar-refractivity contribution in [3.05, 3.63) is 54.6 Å². The third-order valence-electron chi connectivity index (χ3n) is 4.72. The molecular formula is C19H22N6O2. The number of amides is 2. The fraction of sp³-hybridized carbons (Fsp3) is 0.316. The first-order valence-corrected chi connectivity index (χ1v) is 9.00. The van der Waals surface area contributed by atoms with E-state index in [0.717, 1.165) is 37.4 Å². The summed E-state index contributed by atoms with van der Waals surface area (Å²) in [7, 11) is 0. The summed E-state index contributed by atoms with van der Waals surface area (Å²) >= 11 is 0. The Labute approximate surface area is 157 Å². The predicted molar refractivity (Wildman–Crippen MR) is 102 cm³/mol. The number of ether oxygens (including phenoxy) is 1. The number of hydrogen-bond donors (Lipinski definition) is 2. The Hall–Kier alpha value is -3.13. The highest BCUT2D eigenvalue weighted by atomic mass is 16.5. The molecule has 3 heterocycles. The highest BCUT2D eigenvalue weighted by Crippen LogP contribution is 2.25. The highest BCUT2D eigenvalue weighted by molar-refractivity contribution is 6.00. The summed E-state index contributed by atoms with van der Waals surface area (Å²) in [6, 6.07) is 9.38. The molecular weight excluding hydrogens is 344 g/mol. The standard InChI is InChI=1S/C19H22N6O2/c1-14-18(13-21-25(14)17-7-11-27-12-8-17)23-19(26)22-15-3-5-16(6-4-15)24-10-2-9-20-24/h2-6,9-10,13,17H,7-8,11-12H2,1H3,(H2,22,23,26). The lowest BCUT2D eigenvalue weighted by atomic mass is 10.1. The molecule has 1 aliphatic rings. The first kappa shape index (κ1) is 17.3. The van der Waals surface area contributed by atoms with Crippen LogP contribution in [-0.2, 0) is 4.74 Å². The van der Waals surface area contributed by atoms with Crippen LogP contribution in [0.3, 0.4) is 0 Å². The second-order valence-electron chi connectivity index (χ2n) is 6.51. The maximum atomic E-state index is 12.3. The molecule has 0 spiro atoms. The Balaban J connectivity index is 1.39. The summed E-state index contributed by atoms with van der Waals surface area (Å²) in [6.45, 7) is 3.47. The maximum Gasteiger partial charge on any atom is 0.323 e. The van der Waals surface area contributed by atoms with Crippen LogP contribution >= 0.6 is 0 Å². The van der Waals surface area contributed by atoms with Gasteiger partial charge in [0.15, 0.2) is 0 Å². The van der Waals surface area contributed by atoms with Crippen LogP contribution in [0.25, 0.3) is 5.69 Å². The lowest BCUT2D eigenvalue weighted by molar-refractivity contribution is 0.0657. The van der Waals surface area contributed by atoms with E-state index in [4.69, 9.17) is 4.74 Å². The Morgan fingerprint density at radius 1 is 1.15 bits per heavy atom. The number of benzene rings is 1. The molecule has 8 nitrogen and oxygen atoms in total. The van der Waals surface area contributed by atoms with Crippen LogP contribution in [0.2, 0.25) is 0 Å². The van der Waals surface area contributed by atoms with Gasteiger partial charge < -0.3 is 15.4 Å². The first-order valence-electron chi connectivity index (χ1n) is 9.00. The van der Waals surface area contributed by atoms with Gasteiger partial charge >= 0.3 is 6.03 Å². The molecule has 0 radical (unpaired) electrons. The molecule has 1 fully saturated rings. The molecule has 8 heteroatoms. The van der Waals surface area contributed by atoms with Gasteiger partial charge in [-0.25, -0.2) is 9.48 Å². The highest BCUT2D eigenvalue weighted by Gasteiger charge is 2.20. The van der Waals surface area contributed by atoms with Gasteiger partial charge in [0.1, 0.15) is 0 Å². The molecule has 0 unspecified atom stereocenters. The van der Waals surface area contributed by atoms with Gasteiger partial charge in [-0.3, -0.25) is 4.68 Å². The minimum Gasteiger partial charge on any atom is -0.381 e. The maximum absolute atomic E-state index is 12.3. The van der Waals surface area contributed by atoms with Gasteiger partial charge in [-0.15, -0.1) is 0 Å². The topological polar surface area (TPSA) is 86.0 Å². The van der Waals surface area contributed by atoms with E-state index < -0.39 is 0 Å². The van der Waals surface area contributed by atoms with E-state index in [0.29, 0.717) is 17.4 Å². The van der Waals surface area contributed by atoms with Crippen molar-refractivity contribution in [3.63, 3.8) is 0 Å². The predicted octanol–water partition coefficient (Wildman–Crippen LogP) is 3.37. The fourth-order valence-corrected chi connectivity index (χ4v) is 3.25. The van der Waals surface area contributed by atoms with Gasteiger partial charge in [0.05, 0.1) is 29.3 Å². The summed E-state index contributed by atoms with van der Waals surface area (Å²) in [5.41, 5.74) is 3.30. The molecule has 2 N–H and O–H groups in total. The van der Waals surface area contributed by atoms with Crippen LogP contribution in [0, 0.1) is 6.92 Å². The number of nitrogens with one attached hydrogen (secondary N) is 2. The fourth-order valence-electron chi connectivity index (χ4n) is 3.25. The summed E-state index contributed by atoms with van der Waals surface area (Å²) in [5.74, 6) is 0. The zero-order chi connectivity index (χ0) is 18.6. The number of rotatable bonds is 4. The second-order valence-corrected chi connectivity index (χ2v) is 6.51. The van der Waals surface area contributed by atoms with Crippen molar-refractivity contribution in [1.29, 1.82) is 0 Å². The van der Waals surface area contributed by atoms with E-state index in [1.807, 2.05) is 48.1 Å². The van der Waals surface area contributed by atoms with Gasteiger partial charge in [-0.2, -0.15) is 10.2 Å². The van der Waals surface area contributed by atoms with E-state index in [9.17, 15) is 4.79 Å². The zero-order valence-corrected chi connectivity index (χ0v) is 15.1. The summed E-state index contributed by atoms with van der Waals surface area (Å²) in [6.07, 6.45) is 7.18. The van der Waals surface area contributed by atoms with Crippen molar-refractivity contribution >= 4 is 17.4 Å². The van der Waals surface area contributed by atoms with Gasteiger partial charge in [-0.05, 0) is 50.1 Å². The lowest BCUT2D eigenvalue weighted by Gasteiger charge is -2.23. The Morgan fingerprint density at radius 2 is 1.93 bits per heavy atom. The molecule has 27 heavy (non-hydrogen) atoms. The van der Waals surface area contributed by atoms with Gasteiger partial charge in [0.2, 0.25) is 0 Å². The van der Waals surface area contributed by atoms with Crippen molar-refractivity contribution in [2.24, 2.45) is 0 Å². The smallest absolute Gasteiger partial charge is 0.323 e. The molecule has 1 aliphatic heterocycles. The molecule has 140 valence electrons. The summed E-state index contributed by atoms with van der Waals surface area (Å²) < 4.78 is 9.15. The molecule has 4 rings (SSSR count). The minimum atomic E-state index is -0.295. The molecule has 0 bridgehead atoms. The van der Waals surface area contributed by atoms with E-state index in [1.54, 1.807) is 17.1 Å². The van der Waals surface area contributed by atoms with E-state index in [1.165, 1.54) is 0 Å². The van der Waals surface area contributed by atoms with Crippen LogP contribution in [0.5, 0.6) is 0 Å². The number of nitrogens with zero attached hydrogens (tertiary/aromatic N) is 4. The second kappa shape index (κ2) is 7.63. The van der Waals surface area contributed by atoms with E-state index >= 15 is 0 Å². The van der Waals surface area contributed by atoms with Crippen LogP contribution < -0.4 is 10.6 Å². The molecule has 0 saturated carbocycles. The molecule has 0 atom stereocenters. The quantitative estimate of drug-likeness (QED) is 0.741. The van der Waals surface area contributed by atoms with Crippen molar-refractivity contribution in [2.45, 2.75) is 25.8 Å². The third-order valence-corrected chi connectivity index (χ3v) is 4.72. The molecule has 1 aromatic carbocycles. The average molecular weight is 366 g/mol. The number of hydrogen-bond acceptors (Lipinski definition) is 4. The Morgan fingerprint density at radius 3 is 2.63 bits per heavy atom. The van der Waals surface area contributed by atoms with Crippen LogP contribution in [0.4, 0.5) is 16.2 Å². The van der Waals surface area contributed by atoms with Gasteiger partial charge in [-0.1, -0.05) is 0 Å². The molecule has 2 amide bonds. The van der Waals surface area contributed by atoms with Gasteiger partial charge in [0.25, 0.3) is 0 Å². The van der Waals surface area contributed by atoms with E-state index in [-0.39, 0.29) is 6.03 Å². The minimum absolute atomic E-state index is 0.295. The molecule has 2 aromatic heterocycles. The first-order chi connectivity index (χ1) is 13.2. The summed E-state index contributed by atoms with van der Waals surface area (Å²) in [5, 5.41) is 14.4. The molecule has 0 aliphatic carbocycles. The number of carbonyl (C=O) groups excluding carboxylic acids is 1. The lowest BCUT2D eigenvalue weighted by Crippen LogP contribution is -2.22. The monoisotopic (exact) mass is 366 g/mol. The molecule has 3 aromatic rings. The van der Waals surface area contributed by atoms with Crippen molar-refractivity contribution in [3.8, 4) is 5.69 Å². The molecule has 1 saturated heterocycles. The van der Waals surface area contributed by atoms with Crippen molar-refractivity contribution in [1.82, 2.24) is 19.6 Å². The number of urea groups is 1. The van der Waals surface area contributed by atoms with E-state index in [2.05, 4.69) is 20.8 Å². The largest absolute Gasteiger partial charge is 0.381 e. The number of carbonyl (C=O) groups is 1. The Kier molecular flexibility index (Phi) is 4.88. The van der Waals surface area contributed by atoms with Crippen LogP contribution in [0.15, 0.2) is 48.9 Å². The third kappa shape index (κ3) is 3.85. The normalized spacial score (nSPS) is 14.9. The zero-order valence-electron chi connectivity index (χ0n) is 15.1. The van der Waals surface area contributed by atoms with Crippen LogP contribution in [0.1, 0.15) is 24.6 Å². The summed E-state index contributed by atoms with van der Waals surface area (Å²) in [4.78, 5) is 12.3. The Bertz CT molecular complexity index is 895. The number of anilines is 2. The van der Waals surface area contributed by atoms with Crippen molar-refractivity contribution < 1.29 is 9.53 Å². The number of aromatic nitrogens is 4. The van der Waals surface area contributed by atoms with Crippen molar-refractivity contribution in [2.75, 3.05) is 23.8 Å².